The monoisotopic (exact) mass is 276 g/mol. The van der Waals surface area contributed by atoms with Crippen molar-refractivity contribution in [3.8, 4) is 0 Å². The quantitative estimate of drug-likeness (QED) is 0.572. The number of halogens is 1. The van der Waals surface area contributed by atoms with Crippen molar-refractivity contribution >= 4 is 17.7 Å². The number of ether oxygens (including phenoxy) is 1. The number of esters is 1. The molecule has 1 aliphatic rings. The van der Waals surface area contributed by atoms with Gasteiger partial charge in [0.15, 0.2) is 0 Å². The van der Waals surface area contributed by atoms with E-state index in [0.717, 1.165) is 6.54 Å². The molecule has 0 amide bonds. The third kappa shape index (κ3) is 4.75. The fourth-order valence-electron chi connectivity index (χ4n) is 2.41. The summed E-state index contributed by atoms with van der Waals surface area (Å²) < 4.78 is 6.67. The van der Waals surface area contributed by atoms with Gasteiger partial charge in [0.1, 0.15) is 6.04 Å². The molecule has 1 N–H and O–H groups in total. The molecule has 1 saturated carbocycles. The first-order valence-corrected chi connectivity index (χ1v) is 7.13. The molecule has 0 aromatic heterocycles. The standard InChI is InChI=1S/C13H25ClN2O2/c1-10(2)12(13(17)18-3)15-8-9-16(14)11-6-4-5-7-11/h10-12,15H,4-9H2,1-3H3/t12-/m0/s1. The highest BCUT2D eigenvalue weighted by Gasteiger charge is 2.24. The van der Waals surface area contributed by atoms with Gasteiger partial charge in [0.25, 0.3) is 0 Å². The second-order valence-corrected chi connectivity index (χ2v) is 5.69. The summed E-state index contributed by atoms with van der Waals surface area (Å²) in [6.07, 6.45) is 4.93. The second kappa shape index (κ2) is 7.97. The Kier molecular flexibility index (Phi) is 6.97. The molecule has 0 unspecified atom stereocenters. The van der Waals surface area contributed by atoms with Gasteiger partial charge in [-0.15, -0.1) is 0 Å². The molecule has 4 nitrogen and oxygen atoms in total. The molecule has 0 heterocycles. The lowest BCUT2D eigenvalue weighted by Gasteiger charge is -2.24. The van der Waals surface area contributed by atoms with Crippen LogP contribution in [0.15, 0.2) is 0 Å². The Hall–Kier alpha value is -0.320. The van der Waals surface area contributed by atoms with Crippen molar-refractivity contribution < 1.29 is 9.53 Å². The molecule has 1 fully saturated rings. The molecule has 5 heteroatoms. The number of methoxy groups -OCH3 is 1. The van der Waals surface area contributed by atoms with E-state index in [-0.39, 0.29) is 17.9 Å². The Balaban J connectivity index is 2.27. The molecular formula is C13H25ClN2O2. The van der Waals surface area contributed by atoms with Crippen LogP contribution in [0.5, 0.6) is 0 Å². The van der Waals surface area contributed by atoms with Crippen LogP contribution in [0.25, 0.3) is 0 Å². The molecule has 1 atom stereocenters. The zero-order chi connectivity index (χ0) is 13.5. The Morgan fingerprint density at radius 3 is 2.56 bits per heavy atom. The van der Waals surface area contributed by atoms with Crippen LogP contribution in [-0.4, -0.2) is 42.7 Å². The van der Waals surface area contributed by atoms with Crippen molar-refractivity contribution in [1.82, 2.24) is 9.74 Å². The molecule has 1 aliphatic carbocycles. The third-order valence-corrected chi connectivity index (χ3v) is 3.98. The van der Waals surface area contributed by atoms with Crippen LogP contribution < -0.4 is 5.32 Å². The molecule has 0 bridgehead atoms. The zero-order valence-electron chi connectivity index (χ0n) is 11.6. The minimum atomic E-state index is -0.247. The molecule has 0 spiro atoms. The minimum Gasteiger partial charge on any atom is -0.468 e. The third-order valence-electron chi connectivity index (χ3n) is 3.53. The fourth-order valence-corrected chi connectivity index (χ4v) is 2.69. The van der Waals surface area contributed by atoms with Gasteiger partial charge in [-0.2, -0.15) is 0 Å². The molecule has 0 saturated heterocycles. The number of carbonyl (C=O) groups is 1. The number of hydrogen-bond donors (Lipinski definition) is 1. The maximum absolute atomic E-state index is 11.6. The first-order valence-electron chi connectivity index (χ1n) is 6.80. The maximum atomic E-state index is 11.6. The number of hydrogen-bond acceptors (Lipinski definition) is 4. The minimum absolute atomic E-state index is 0.202. The number of carbonyl (C=O) groups excluding carboxylic acids is 1. The van der Waals surface area contributed by atoms with Crippen LogP contribution in [0.4, 0.5) is 0 Å². The van der Waals surface area contributed by atoms with Crippen molar-refractivity contribution in [3.05, 3.63) is 0 Å². The first kappa shape index (κ1) is 15.7. The van der Waals surface area contributed by atoms with Gasteiger partial charge in [0, 0.05) is 19.1 Å². The molecule has 18 heavy (non-hydrogen) atoms. The van der Waals surface area contributed by atoms with Crippen LogP contribution in [0.3, 0.4) is 0 Å². The first-order chi connectivity index (χ1) is 8.56. The van der Waals surface area contributed by atoms with E-state index >= 15 is 0 Å². The van der Waals surface area contributed by atoms with Gasteiger partial charge in [-0.25, -0.2) is 4.42 Å². The van der Waals surface area contributed by atoms with Crippen molar-refractivity contribution in [3.63, 3.8) is 0 Å². The lowest BCUT2D eigenvalue weighted by Crippen LogP contribution is -2.44. The van der Waals surface area contributed by atoms with E-state index in [2.05, 4.69) is 5.32 Å². The normalized spacial score (nSPS) is 18.6. The van der Waals surface area contributed by atoms with E-state index in [4.69, 9.17) is 16.5 Å². The maximum Gasteiger partial charge on any atom is 0.323 e. The van der Waals surface area contributed by atoms with Gasteiger partial charge in [0.05, 0.1) is 7.11 Å². The fraction of sp³-hybridized carbons (Fsp3) is 0.923. The summed E-state index contributed by atoms with van der Waals surface area (Å²) in [5, 5.41) is 3.22. The predicted molar refractivity (Wildman–Crippen MR) is 73.5 cm³/mol. The average Bonchev–Trinajstić information content (AvgIpc) is 2.86. The highest BCUT2D eigenvalue weighted by molar-refractivity contribution is 6.13. The molecule has 0 radical (unpaired) electrons. The average molecular weight is 277 g/mol. The van der Waals surface area contributed by atoms with Crippen molar-refractivity contribution in [1.29, 1.82) is 0 Å². The van der Waals surface area contributed by atoms with E-state index in [1.807, 2.05) is 18.3 Å². The predicted octanol–water partition coefficient (Wildman–Crippen LogP) is 2.17. The van der Waals surface area contributed by atoms with Gasteiger partial charge in [0.2, 0.25) is 0 Å². The highest BCUT2D eigenvalue weighted by atomic mass is 35.5. The van der Waals surface area contributed by atoms with E-state index in [1.165, 1.54) is 32.8 Å². The largest absolute Gasteiger partial charge is 0.468 e. The lowest BCUT2D eigenvalue weighted by atomic mass is 10.0. The zero-order valence-corrected chi connectivity index (χ0v) is 12.4. The number of nitrogens with one attached hydrogen (secondary N) is 1. The van der Waals surface area contributed by atoms with Gasteiger partial charge in [-0.05, 0) is 30.5 Å². The van der Waals surface area contributed by atoms with E-state index < -0.39 is 0 Å². The van der Waals surface area contributed by atoms with Crippen LogP contribution in [-0.2, 0) is 9.53 Å². The lowest BCUT2D eigenvalue weighted by molar-refractivity contribution is -0.144. The Morgan fingerprint density at radius 2 is 2.06 bits per heavy atom. The second-order valence-electron chi connectivity index (χ2n) is 5.26. The molecule has 0 aromatic rings. The van der Waals surface area contributed by atoms with Gasteiger partial charge in [-0.3, -0.25) is 4.79 Å². The molecular weight excluding hydrogens is 252 g/mol. The van der Waals surface area contributed by atoms with Crippen LogP contribution in [0.1, 0.15) is 39.5 Å². The summed E-state index contributed by atoms with van der Waals surface area (Å²) in [5.41, 5.74) is 0. The summed E-state index contributed by atoms with van der Waals surface area (Å²) in [6, 6.07) is 0.257. The SMILES string of the molecule is COC(=O)[C@@H](NCCN(Cl)C1CCCC1)C(C)C. The van der Waals surface area contributed by atoms with E-state index in [1.54, 1.807) is 0 Å². The van der Waals surface area contributed by atoms with Crippen molar-refractivity contribution in [2.45, 2.75) is 51.6 Å². The summed E-state index contributed by atoms with van der Waals surface area (Å²) in [4.78, 5) is 11.6. The number of nitrogens with zero attached hydrogens (tertiary/aromatic N) is 1. The molecule has 106 valence electrons. The van der Waals surface area contributed by atoms with E-state index in [9.17, 15) is 4.79 Å². The molecule has 1 rings (SSSR count). The highest BCUT2D eigenvalue weighted by Crippen LogP contribution is 2.24. The summed E-state index contributed by atoms with van der Waals surface area (Å²) in [5.74, 6) is 0.0136. The van der Waals surface area contributed by atoms with Crippen LogP contribution in [0, 0.1) is 5.92 Å². The van der Waals surface area contributed by atoms with Crippen LogP contribution in [0.2, 0.25) is 0 Å². The molecule has 0 aliphatic heterocycles. The van der Waals surface area contributed by atoms with Crippen LogP contribution >= 0.6 is 11.8 Å². The Labute approximate surface area is 115 Å². The number of rotatable bonds is 7. The van der Waals surface area contributed by atoms with E-state index in [0.29, 0.717) is 12.6 Å². The van der Waals surface area contributed by atoms with Gasteiger partial charge >= 0.3 is 5.97 Å². The van der Waals surface area contributed by atoms with Gasteiger partial charge < -0.3 is 10.1 Å². The van der Waals surface area contributed by atoms with Crippen molar-refractivity contribution in [2.75, 3.05) is 20.2 Å². The summed E-state index contributed by atoms with van der Waals surface area (Å²) >= 11 is 6.24. The van der Waals surface area contributed by atoms with Crippen molar-refractivity contribution in [2.24, 2.45) is 5.92 Å². The Morgan fingerprint density at radius 1 is 1.44 bits per heavy atom. The summed E-state index contributed by atoms with van der Waals surface area (Å²) in [6.45, 7) is 5.47. The Bertz CT molecular complexity index is 255. The summed E-state index contributed by atoms with van der Waals surface area (Å²) in [7, 11) is 1.42. The van der Waals surface area contributed by atoms with Gasteiger partial charge in [-0.1, -0.05) is 26.7 Å². The molecule has 0 aromatic carbocycles. The smallest absolute Gasteiger partial charge is 0.323 e. The topological polar surface area (TPSA) is 41.6 Å².